The van der Waals surface area contributed by atoms with Crippen molar-refractivity contribution in [2.45, 2.75) is 6.08 Å². The number of fused-ring (bicyclic) bond motifs is 1. The van der Waals surface area contributed by atoms with E-state index in [0.717, 1.165) is 12.4 Å². The minimum atomic E-state index is -5.99. The van der Waals surface area contributed by atoms with Gasteiger partial charge in [0.15, 0.2) is 0 Å². The van der Waals surface area contributed by atoms with E-state index in [0.29, 0.717) is 10.8 Å². The summed E-state index contributed by atoms with van der Waals surface area (Å²) in [7, 11) is 0. The lowest BCUT2D eigenvalue weighted by Gasteiger charge is -2.21. The smallest absolute Gasteiger partial charge is 0.432 e. The summed E-state index contributed by atoms with van der Waals surface area (Å²) in [6.07, 6.45) is -3.64. The Morgan fingerprint density at radius 3 is 2.33 bits per heavy atom. The molecule has 0 radical (unpaired) electrons. The standard InChI is InChI=1S/C9H6BF5N2O/c11-9(12,13)10(14,15)18-17-6-8-4-2-1-3-7(8)5-16-17/h1-6H. The van der Waals surface area contributed by atoms with Crippen LogP contribution in [0.3, 0.4) is 0 Å². The molecule has 2 aromatic rings. The highest BCUT2D eigenvalue weighted by atomic mass is 19.4. The summed E-state index contributed by atoms with van der Waals surface area (Å²) in [6.45, 7) is -5.99. The molecule has 0 aliphatic rings. The average Bonchev–Trinajstić information content (AvgIpc) is 2.27. The van der Waals surface area contributed by atoms with Crippen LogP contribution in [-0.4, -0.2) is 18.1 Å². The van der Waals surface area contributed by atoms with Crippen molar-refractivity contribution < 1.29 is 31.4 Å². The number of hydrogen-bond donors (Lipinski definition) is 0. The molecule has 18 heavy (non-hydrogen) atoms. The molecular weight excluding hydrogens is 258 g/mol. The first kappa shape index (κ1) is 12.5. The van der Waals surface area contributed by atoms with Crippen LogP contribution in [0, 0.1) is 0 Å². The molecule has 0 unspecified atom stereocenters. The molecule has 9 heteroatoms. The molecule has 0 bridgehead atoms. The van der Waals surface area contributed by atoms with E-state index in [1.165, 1.54) is 6.07 Å². The Kier molecular flexibility index (Phi) is 2.84. The van der Waals surface area contributed by atoms with Crippen LogP contribution in [0.2, 0.25) is 0 Å². The zero-order chi connectivity index (χ0) is 13.4. The Labute approximate surface area is 97.8 Å². The molecule has 0 fully saturated rings. The maximum absolute atomic E-state index is 12.7. The maximum Gasteiger partial charge on any atom is 0.661 e. The molecule has 2 rings (SSSR count). The highest BCUT2D eigenvalue weighted by Crippen LogP contribution is 2.28. The van der Waals surface area contributed by atoms with Gasteiger partial charge in [0.1, 0.15) is 6.20 Å². The molecule has 0 N–H and O–H groups in total. The van der Waals surface area contributed by atoms with E-state index in [2.05, 4.69) is 9.85 Å². The van der Waals surface area contributed by atoms with E-state index in [-0.39, 0.29) is 4.85 Å². The summed E-state index contributed by atoms with van der Waals surface area (Å²) in [5, 5.41) is 4.36. The van der Waals surface area contributed by atoms with E-state index < -0.39 is 13.0 Å². The van der Waals surface area contributed by atoms with Crippen LogP contribution in [0.1, 0.15) is 0 Å². The van der Waals surface area contributed by atoms with Crippen LogP contribution in [0.25, 0.3) is 10.8 Å². The molecule has 1 heterocycles. The second kappa shape index (κ2) is 4.07. The van der Waals surface area contributed by atoms with Crippen LogP contribution in [-0.2, 0) is 0 Å². The molecular formula is C9H6BF5N2O. The first-order valence-corrected chi connectivity index (χ1v) is 4.83. The van der Waals surface area contributed by atoms with Crippen molar-refractivity contribution >= 4 is 17.7 Å². The number of alkyl halides is 3. The van der Waals surface area contributed by atoms with Gasteiger partial charge in [0.25, 0.3) is 6.20 Å². The molecule has 0 aliphatic heterocycles. The SMILES string of the molecule is F[B-](F)(O[n+]1cc2ccccc2cn1)C(F)(F)F. The van der Waals surface area contributed by atoms with Crippen molar-refractivity contribution in [1.82, 2.24) is 5.10 Å². The van der Waals surface area contributed by atoms with Crippen molar-refractivity contribution in [3.8, 4) is 0 Å². The second-order valence-corrected chi connectivity index (χ2v) is 3.55. The van der Waals surface area contributed by atoms with Gasteiger partial charge in [-0.1, -0.05) is 18.2 Å². The minimum Gasteiger partial charge on any atom is -0.432 e. The first-order valence-electron chi connectivity index (χ1n) is 4.83. The van der Waals surface area contributed by atoms with Crippen molar-refractivity contribution in [3.63, 3.8) is 0 Å². The maximum atomic E-state index is 12.7. The fourth-order valence-corrected chi connectivity index (χ4v) is 1.27. The number of halogens is 5. The monoisotopic (exact) mass is 264 g/mol. The van der Waals surface area contributed by atoms with E-state index in [1.54, 1.807) is 18.2 Å². The Bertz CT molecular complexity index is 574. The van der Waals surface area contributed by atoms with Gasteiger partial charge in [-0.05, 0) is 6.07 Å². The highest BCUT2D eigenvalue weighted by molar-refractivity contribution is 6.61. The predicted molar refractivity (Wildman–Crippen MR) is 52.5 cm³/mol. The van der Waals surface area contributed by atoms with Gasteiger partial charge in [0.05, 0.1) is 10.2 Å². The van der Waals surface area contributed by atoms with Gasteiger partial charge < -0.3 is 13.4 Å². The second-order valence-electron chi connectivity index (χ2n) is 3.55. The lowest BCUT2D eigenvalue weighted by Crippen LogP contribution is -2.63. The molecule has 1 aromatic heterocycles. The predicted octanol–water partition coefficient (Wildman–Crippen LogP) is 1.93. The lowest BCUT2D eigenvalue weighted by atomic mass is 9.87. The zero-order valence-electron chi connectivity index (χ0n) is 8.73. The van der Waals surface area contributed by atoms with Crippen molar-refractivity contribution in [3.05, 3.63) is 36.7 Å². The largest absolute Gasteiger partial charge is 0.661 e. The third-order valence-electron chi connectivity index (χ3n) is 2.18. The Hall–Kier alpha value is -1.93. The Balaban J connectivity index is 2.33. The molecule has 0 spiro atoms. The van der Waals surface area contributed by atoms with Crippen molar-refractivity contribution in [2.24, 2.45) is 0 Å². The van der Waals surface area contributed by atoms with Crippen molar-refractivity contribution in [1.29, 1.82) is 0 Å². The van der Waals surface area contributed by atoms with Crippen LogP contribution < -0.4 is 9.60 Å². The van der Waals surface area contributed by atoms with Gasteiger partial charge in [-0.2, -0.15) is 0 Å². The van der Waals surface area contributed by atoms with Crippen LogP contribution in [0.4, 0.5) is 21.8 Å². The molecule has 0 atom stereocenters. The van der Waals surface area contributed by atoms with Gasteiger partial charge in [0.2, 0.25) is 0 Å². The quantitative estimate of drug-likeness (QED) is 0.470. The Morgan fingerprint density at radius 2 is 1.72 bits per heavy atom. The Morgan fingerprint density at radius 1 is 1.11 bits per heavy atom. The van der Waals surface area contributed by atoms with Crippen LogP contribution >= 0.6 is 0 Å². The molecule has 0 saturated carbocycles. The van der Waals surface area contributed by atoms with Gasteiger partial charge >= 0.3 is 13.0 Å². The van der Waals surface area contributed by atoms with E-state index in [1.807, 2.05) is 0 Å². The number of hydrogen-bond acceptors (Lipinski definition) is 2. The molecule has 0 amide bonds. The summed E-state index contributed by atoms with van der Waals surface area (Å²) in [5.74, 6) is 0. The average molecular weight is 264 g/mol. The third kappa shape index (κ3) is 2.34. The molecule has 0 aliphatic carbocycles. The van der Waals surface area contributed by atoms with Crippen LogP contribution in [0.15, 0.2) is 36.7 Å². The summed E-state index contributed by atoms with van der Waals surface area (Å²) in [5.41, 5.74) is 0. The summed E-state index contributed by atoms with van der Waals surface area (Å²) in [6, 6.07) is 6.47. The van der Waals surface area contributed by atoms with E-state index in [9.17, 15) is 21.8 Å². The van der Waals surface area contributed by atoms with Gasteiger partial charge in [0, 0.05) is 10.5 Å². The minimum absolute atomic E-state index is 0.121. The normalized spacial score (nSPS) is 12.7. The molecule has 1 aromatic carbocycles. The van der Waals surface area contributed by atoms with Crippen LogP contribution in [0.5, 0.6) is 0 Å². The fourth-order valence-electron chi connectivity index (χ4n) is 1.27. The van der Waals surface area contributed by atoms with Gasteiger partial charge in [-0.3, -0.25) is 0 Å². The zero-order valence-corrected chi connectivity index (χ0v) is 8.73. The summed E-state index contributed by atoms with van der Waals surface area (Å²) < 4.78 is 64.8. The first-order chi connectivity index (χ1) is 8.29. The van der Waals surface area contributed by atoms with Crippen molar-refractivity contribution in [2.75, 3.05) is 0 Å². The number of benzene rings is 1. The molecule has 3 nitrogen and oxygen atoms in total. The molecule has 96 valence electrons. The third-order valence-corrected chi connectivity index (χ3v) is 2.18. The number of rotatable bonds is 2. The number of nitrogens with zero attached hydrogens (tertiary/aromatic N) is 2. The molecule has 0 saturated heterocycles. The highest BCUT2D eigenvalue weighted by Gasteiger charge is 2.60. The van der Waals surface area contributed by atoms with E-state index >= 15 is 0 Å². The van der Waals surface area contributed by atoms with Gasteiger partial charge in [-0.25, -0.2) is 13.2 Å². The summed E-state index contributed by atoms with van der Waals surface area (Å²) in [4.78, 5) is 0.121. The fraction of sp³-hybridized carbons (Fsp3) is 0.111. The lowest BCUT2D eigenvalue weighted by molar-refractivity contribution is -0.913. The topological polar surface area (TPSA) is 26.0 Å². The summed E-state index contributed by atoms with van der Waals surface area (Å²) >= 11 is 0. The van der Waals surface area contributed by atoms with Gasteiger partial charge in [-0.15, -0.1) is 0 Å². The van der Waals surface area contributed by atoms with E-state index in [4.69, 9.17) is 0 Å². The number of aromatic nitrogens is 2.